The number of carbonyl (C=O) groups is 1. The summed E-state index contributed by atoms with van der Waals surface area (Å²) >= 11 is 7.24. The summed E-state index contributed by atoms with van der Waals surface area (Å²) in [6, 6.07) is 19.8. The van der Waals surface area contributed by atoms with Gasteiger partial charge in [-0.2, -0.15) is 0 Å². The van der Waals surface area contributed by atoms with Gasteiger partial charge in [-0.1, -0.05) is 34.1 Å². The SMILES string of the molecule is CC1(C)CN(c2ccc(-c3cccc(C(N)=O)c3Nc3ccc(Br)cc3)cc2Br)CCN1. The monoisotopic (exact) mass is 556 g/mol. The summed E-state index contributed by atoms with van der Waals surface area (Å²) in [5, 5.41) is 6.95. The lowest BCUT2D eigenvalue weighted by atomic mass is 9.98. The lowest BCUT2D eigenvalue weighted by Crippen LogP contribution is -2.57. The molecule has 166 valence electrons. The van der Waals surface area contributed by atoms with Gasteiger partial charge in [0.25, 0.3) is 5.91 Å². The molecule has 5 nitrogen and oxygen atoms in total. The number of primary amides is 1. The smallest absolute Gasteiger partial charge is 0.250 e. The fourth-order valence-corrected chi connectivity index (χ4v) is 4.98. The van der Waals surface area contributed by atoms with Crippen LogP contribution in [0.25, 0.3) is 11.1 Å². The van der Waals surface area contributed by atoms with Gasteiger partial charge in [0.2, 0.25) is 0 Å². The summed E-state index contributed by atoms with van der Waals surface area (Å²) in [7, 11) is 0. The topological polar surface area (TPSA) is 70.4 Å². The van der Waals surface area contributed by atoms with Crippen LogP contribution in [0.1, 0.15) is 24.2 Å². The third-order valence-corrected chi connectivity index (χ3v) is 6.78. The predicted molar refractivity (Wildman–Crippen MR) is 140 cm³/mol. The number of rotatable bonds is 5. The second kappa shape index (κ2) is 9.25. The Morgan fingerprint density at radius 2 is 1.84 bits per heavy atom. The molecule has 3 aromatic carbocycles. The first-order valence-corrected chi connectivity index (χ1v) is 12.1. The summed E-state index contributed by atoms with van der Waals surface area (Å²) < 4.78 is 2.01. The number of carbonyl (C=O) groups excluding carboxylic acids is 1. The van der Waals surface area contributed by atoms with E-state index < -0.39 is 5.91 Å². The van der Waals surface area contributed by atoms with E-state index in [2.05, 4.69) is 79.4 Å². The Labute approximate surface area is 205 Å². The lowest BCUT2D eigenvalue weighted by molar-refractivity contribution is 0.100. The number of hydrogen-bond donors (Lipinski definition) is 3. The van der Waals surface area contributed by atoms with Crippen molar-refractivity contribution in [3.63, 3.8) is 0 Å². The van der Waals surface area contributed by atoms with Crippen LogP contribution in [0.2, 0.25) is 0 Å². The molecule has 0 atom stereocenters. The number of hydrogen-bond acceptors (Lipinski definition) is 4. The Kier molecular flexibility index (Phi) is 6.60. The van der Waals surface area contributed by atoms with Crippen LogP contribution in [0.3, 0.4) is 0 Å². The number of benzene rings is 3. The molecule has 0 aromatic heterocycles. The molecule has 0 radical (unpaired) electrons. The minimum atomic E-state index is -0.467. The zero-order chi connectivity index (χ0) is 22.9. The number of halogens is 2. The maximum Gasteiger partial charge on any atom is 0.250 e. The highest BCUT2D eigenvalue weighted by Crippen LogP contribution is 2.38. The van der Waals surface area contributed by atoms with Crippen molar-refractivity contribution in [2.45, 2.75) is 19.4 Å². The number of nitrogens with two attached hydrogens (primary N) is 1. The van der Waals surface area contributed by atoms with E-state index in [4.69, 9.17) is 5.73 Å². The average Bonchev–Trinajstić information content (AvgIpc) is 2.74. The second-order valence-corrected chi connectivity index (χ2v) is 10.4. The summed E-state index contributed by atoms with van der Waals surface area (Å²) in [6.07, 6.45) is 0. The van der Waals surface area contributed by atoms with Crippen molar-refractivity contribution in [2.75, 3.05) is 29.9 Å². The van der Waals surface area contributed by atoms with E-state index in [1.54, 1.807) is 6.07 Å². The molecule has 0 unspecified atom stereocenters. The van der Waals surface area contributed by atoms with Gasteiger partial charge in [-0.3, -0.25) is 4.79 Å². The van der Waals surface area contributed by atoms with E-state index in [9.17, 15) is 4.79 Å². The summed E-state index contributed by atoms with van der Waals surface area (Å²) in [4.78, 5) is 14.6. The van der Waals surface area contributed by atoms with Crippen LogP contribution in [0.4, 0.5) is 17.1 Å². The Morgan fingerprint density at radius 1 is 1.09 bits per heavy atom. The summed E-state index contributed by atoms with van der Waals surface area (Å²) in [5.74, 6) is -0.467. The minimum absolute atomic E-state index is 0.0634. The average molecular weight is 558 g/mol. The molecule has 0 saturated carbocycles. The third kappa shape index (κ3) is 5.00. The van der Waals surface area contributed by atoms with Crippen molar-refractivity contribution in [3.05, 3.63) is 75.2 Å². The molecule has 7 heteroatoms. The molecular weight excluding hydrogens is 532 g/mol. The standard InChI is InChI=1S/C25H26Br2N4O/c1-25(2)15-31(13-12-29-25)22-11-6-16(14-21(22)27)19-4-3-5-20(24(28)32)23(19)30-18-9-7-17(26)8-10-18/h3-11,14,29-30H,12-13,15H2,1-2H3,(H2,28,32). The van der Waals surface area contributed by atoms with Crippen molar-refractivity contribution in [1.82, 2.24) is 5.32 Å². The Bertz CT molecular complexity index is 1150. The van der Waals surface area contributed by atoms with Crippen molar-refractivity contribution in [1.29, 1.82) is 0 Å². The van der Waals surface area contributed by atoms with Crippen LogP contribution in [0, 0.1) is 0 Å². The molecule has 4 rings (SSSR count). The Morgan fingerprint density at radius 3 is 2.50 bits per heavy atom. The molecule has 0 aliphatic carbocycles. The van der Waals surface area contributed by atoms with E-state index in [0.29, 0.717) is 11.3 Å². The van der Waals surface area contributed by atoms with Crippen molar-refractivity contribution >= 4 is 54.8 Å². The minimum Gasteiger partial charge on any atom is -0.368 e. The van der Waals surface area contributed by atoms with Gasteiger partial charge in [0.15, 0.2) is 0 Å². The molecule has 1 heterocycles. The third-order valence-electron chi connectivity index (χ3n) is 5.61. The molecule has 0 bridgehead atoms. The van der Waals surface area contributed by atoms with Crippen LogP contribution in [-0.4, -0.2) is 31.1 Å². The van der Waals surface area contributed by atoms with Crippen LogP contribution < -0.4 is 21.3 Å². The van der Waals surface area contributed by atoms with Crippen molar-refractivity contribution in [2.24, 2.45) is 5.73 Å². The zero-order valence-corrected chi connectivity index (χ0v) is 21.3. The summed E-state index contributed by atoms with van der Waals surface area (Å²) in [5.41, 5.74) is 10.9. The van der Waals surface area contributed by atoms with E-state index >= 15 is 0 Å². The van der Waals surface area contributed by atoms with Gasteiger partial charge in [0, 0.05) is 45.4 Å². The number of piperazine rings is 1. The quantitative estimate of drug-likeness (QED) is 0.365. The van der Waals surface area contributed by atoms with Gasteiger partial charge in [-0.05, 0) is 77.8 Å². The zero-order valence-electron chi connectivity index (χ0n) is 18.1. The fourth-order valence-electron chi connectivity index (χ4n) is 4.09. The molecule has 3 aromatic rings. The highest BCUT2D eigenvalue weighted by atomic mass is 79.9. The molecule has 1 fully saturated rings. The van der Waals surface area contributed by atoms with Gasteiger partial charge >= 0.3 is 0 Å². The predicted octanol–water partition coefficient (Wildman–Crippen LogP) is 5.91. The Hall–Kier alpha value is -2.35. The first kappa shape index (κ1) is 22.8. The number of para-hydroxylation sites is 1. The molecule has 1 aliphatic heterocycles. The van der Waals surface area contributed by atoms with Gasteiger partial charge in [0.05, 0.1) is 16.9 Å². The fraction of sp³-hybridized carbons (Fsp3) is 0.240. The van der Waals surface area contributed by atoms with Crippen molar-refractivity contribution < 1.29 is 4.79 Å². The van der Waals surface area contributed by atoms with Gasteiger partial charge in [-0.15, -0.1) is 0 Å². The molecule has 1 aliphatic rings. The largest absolute Gasteiger partial charge is 0.368 e. The van der Waals surface area contributed by atoms with Gasteiger partial charge < -0.3 is 21.3 Å². The number of nitrogens with zero attached hydrogens (tertiary/aromatic N) is 1. The van der Waals surface area contributed by atoms with E-state index in [0.717, 1.165) is 51.1 Å². The molecule has 4 N–H and O–H groups in total. The molecular formula is C25H26Br2N4O. The summed E-state index contributed by atoms with van der Waals surface area (Å²) in [6.45, 7) is 7.27. The molecule has 1 amide bonds. The number of amides is 1. The van der Waals surface area contributed by atoms with Gasteiger partial charge in [0.1, 0.15) is 0 Å². The molecule has 0 spiro atoms. The van der Waals surface area contributed by atoms with Crippen LogP contribution in [0.15, 0.2) is 69.6 Å². The van der Waals surface area contributed by atoms with Crippen LogP contribution in [-0.2, 0) is 0 Å². The first-order valence-electron chi connectivity index (χ1n) is 10.5. The van der Waals surface area contributed by atoms with Crippen LogP contribution >= 0.6 is 31.9 Å². The number of anilines is 3. The van der Waals surface area contributed by atoms with Crippen molar-refractivity contribution in [3.8, 4) is 11.1 Å². The van der Waals surface area contributed by atoms with E-state index in [1.165, 1.54) is 0 Å². The van der Waals surface area contributed by atoms with E-state index in [1.807, 2.05) is 36.4 Å². The number of nitrogens with one attached hydrogen (secondary N) is 2. The second-order valence-electron chi connectivity index (χ2n) is 8.62. The van der Waals surface area contributed by atoms with E-state index in [-0.39, 0.29) is 5.54 Å². The van der Waals surface area contributed by atoms with Gasteiger partial charge in [-0.25, -0.2) is 0 Å². The highest BCUT2D eigenvalue weighted by Gasteiger charge is 2.27. The normalized spacial score (nSPS) is 15.4. The van der Waals surface area contributed by atoms with Crippen LogP contribution in [0.5, 0.6) is 0 Å². The molecule has 1 saturated heterocycles. The highest BCUT2D eigenvalue weighted by molar-refractivity contribution is 9.10. The molecule has 32 heavy (non-hydrogen) atoms. The lowest BCUT2D eigenvalue weighted by Gasteiger charge is -2.40. The maximum absolute atomic E-state index is 12.2. The maximum atomic E-state index is 12.2. The first-order chi connectivity index (χ1) is 15.2. The Balaban J connectivity index is 1.73.